The topological polar surface area (TPSA) is 81.8 Å². The van der Waals surface area contributed by atoms with Crippen LogP contribution in [-0.2, 0) is 17.5 Å². The number of amides is 1. The van der Waals surface area contributed by atoms with Gasteiger partial charge >= 0.3 is 6.18 Å². The maximum Gasteiger partial charge on any atom is 0.416 e. The molecule has 0 fully saturated rings. The van der Waals surface area contributed by atoms with Crippen molar-refractivity contribution in [3.8, 4) is 5.69 Å². The molecule has 2 heterocycles. The van der Waals surface area contributed by atoms with Gasteiger partial charge in [0.25, 0.3) is 5.56 Å². The summed E-state index contributed by atoms with van der Waals surface area (Å²) in [5.41, 5.74) is -0.365. The van der Waals surface area contributed by atoms with E-state index in [4.69, 9.17) is 11.6 Å². The number of halogens is 4. The van der Waals surface area contributed by atoms with Crippen molar-refractivity contribution in [2.24, 2.45) is 0 Å². The Morgan fingerprint density at radius 2 is 1.85 bits per heavy atom. The molecule has 1 N–H and O–H groups in total. The summed E-state index contributed by atoms with van der Waals surface area (Å²) in [6, 6.07) is 11.1. The van der Waals surface area contributed by atoms with Crippen LogP contribution in [0.3, 0.4) is 0 Å². The molecule has 33 heavy (non-hydrogen) atoms. The smallest absolute Gasteiger partial charge is 0.309 e. The van der Waals surface area contributed by atoms with E-state index in [1.165, 1.54) is 10.6 Å². The number of benzene rings is 2. The van der Waals surface area contributed by atoms with E-state index < -0.39 is 17.6 Å². The molecule has 4 aromatic rings. The number of para-hydroxylation sites is 1. The Morgan fingerprint density at radius 3 is 2.58 bits per heavy atom. The van der Waals surface area contributed by atoms with Crippen LogP contribution in [-0.4, -0.2) is 25.2 Å². The molecule has 4 rings (SSSR count). The van der Waals surface area contributed by atoms with Gasteiger partial charge in [0.1, 0.15) is 18.2 Å². The minimum absolute atomic E-state index is 0.0207. The van der Waals surface area contributed by atoms with Crippen LogP contribution in [0.1, 0.15) is 17.1 Å². The number of hydrogen-bond acceptors (Lipinski definition) is 4. The zero-order valence-corrected chi connectivity index (χ0v) is 18.2. The fourth-order valence-electron chi connectivity index (χ4n) is 3.41. The second-order valence-electron chi connectivity index (χ2n) is 7.36. The zero-order valence-electron chi connectivity index (χ0n) is 17.4. The van der Waals surface area contributed by atoms with Crippen LogP contribution in [0.25, 0.3) is 16.6 Å². The van der Waals surface area contributed by atoms with E-state index in [1.807, 2.05) is 0 Å². The lowest BCUT2D eigenvalue weighted by atomic mass is 10.2. The number of fused-ring (bicyclic) bond motifs is 1. The molecular weight excluding hydrogens is 459 g/mol. The van der Waals surface area contributed by atoms with Gasteiger partial charge in [-0.05, 0) is 44.2 Å². The number of alkyl halides is 3. The summed E-state index contributed by atoms with van der Waals surface area (Å²) in [6.45, 7) is 2.89. The molecule has 0 radical (unpaired) electrons. The number of rotatable bonds is 4. The van der Waals surface area contributed by atoms with Crippen LogP contribution in [0.15, 0.2) is 53.3 Å². The number of carbonyl (C=O) groups excluding carboxylic acids is 1. The number of nitrogens with zero attached hydrogens (tertiary/aromatic N) is 4. The molecule has 0 aliphatic rings. The monoisotopic (exact) mass is 475 g/mol. The van der Waals surface area contributed by atoms with Crippen LogP contribution in [0, 0.1) is 13.8 Å². The fraction of sp³-hybridized carbons (Fsp3) is 0.182. The lowest BCUT2D eigenvalue weighted by molar-refractivity contribution is -0.137. The van der Waals surface area contributed by atoms with Gasteiger partial charge in [0.15, 0.2) is 0 Å². The molecule has 0 bridgehead atoms. The van der Waals surface area contributed by atoms with Crippen molar-refractivity contribution in [3.63, 3.8) is 0 Å². The number of nitrogens with one attached hydrogen (secondary N) is 1. The van der Waals surface area contributed by atoms with E-state index in [0.717, 1.165) is 22.9 Å². The van der Waals surface area contributed by atoms with Gasteiger partial charge < -0.3 is 5.32 Å². The van der Waals surface area contributed by atoms with Gasteiger partial charge in [0, 0.05) is 6.07 Å². The molecule has 0 atom stereocenters. The second-order valence-corrected chi connectivity index (χ2v) is 7.77. The maximum absolute atomic E-state index is 13.2. The summed E-state index contributed by atoms with van der Waals surface area (Å²) in [5, 5.41) is 7.16. The molecule has 0 saturated heterocycles. The summed E-state index contributed by atoms with van der Waals surface area (Å²) in [4.78, 5) is 29.9. The van der Waals surface area contributed by atoms with Crippen molar-refractivity contribution in [2.45, 2.75) is 26.6 Å². The maximum atomic E-state index is 13.2. The molecule has 0 saturated carbocycles. The highest BCUT2D eigenvalue weighted by Gasteiger charge is 2.31. The zero-order chi connectivity index (χ0) is 23.9. The minimum Gasteiger partial charge on any atom is -0.309 e. The highest BCUT2D eigenvalue weighted by Crippen LogP contribution is 2.34. The van der Waals surface area contributed by atoms with Crippen LogP contribution in [0.4, 0.5) is 19.0 Å². The van der Waals surface area contributed by atoms with E-state index >= 15 is 0 Å². The first-order valence-electron chi connectivity index (χ1n) is 9.74. The minimum atomic E-state index is -4.58. The van der Waals surface area contributed by atoms with Gasteiger partial charge in [0.2, 0.25) is 5.91 Å². The number of anilines is 1. The summed E-state index contributed by atoms with van der Waals surface area (Å²) < 4.78 is 41.9. The van der Waals surface area contributed by atoms with Gasteiger partial charge in [-0.15, -0.1) is 0 Å². The first-order chi connectivity index (χ1) is 15.5. The lowest BCUT2D eigenvalue weighted by Gasteiger charge is -2.14. The summed E-state index contributed by atoms with van der Waals surface area (Å²) in [7, 11) is 0. The molecule has 170 valence electrons. The summed E-state index contributed by atoms with van der Waals surface area (Å²) >= 11 is 6.13. The third-order valence-electron chi connectivity index (χ3n) is 4.95. The lowest BCUT2D eigenvalue weighted by Crippen LogP contribution is -2.30. The largest absolute Gasteiger partial charge is 0.416 e. The average molecular weight is 476 g/mol. The Morgan fingerprint density at radius 1 is 1.12 bits per heavy atom. The van der Waals surface area contributed by atoms with Crippen molar-refractivity contribution in [1.82, 2.24) is 19.3 Å². The van der Waals surface area contributed by atoms with E-state index in [0.29, 0.717) is 22.4 Å². The van der Waals surface area contributed by atoms with Crippen molar-refractivity contribution >= 4 is 34.2 Å². The Kier molecular flexibility index (Phi) is 5.71. The summed E-state index contributed by atoms with van der Waals surface area (Å²) in [5.74, 6) is -0.126. The van der Waals surface area contributed by atoms with Crippen molar-refractivity contribution in [3.05, 3.63) is 81.0 Å². The highest BCUT2D eigenvalue weighted by atomic mass is 35.5. The number of aryl methyl sites for hydroxylation is 2. The van der Waals surface area contributed by atoms with Crippen LogP contribution in [0.5, 0.6) is 0 Å². The van der Waals surface area contributed by atoms with Gasteiger partial charge in [-0.1, -0.05) is 23.7 Å². The molecule has 2 aromatic heterocycles. The third kappa shape index (κ3) is 4.47. The SMILES string of the molecule is Cc1cc(NC(=O)Cn2c(C)nc3ccccc3c2=O)n(-c2cc(C(F)(F)F)ccc2Cl)n1. The van der Waals surface area contributed by atoms with Gasteiger partial charge in [-0.25, -0.2) is 9.67 Å². The number of aromatic nitrogens is 4. The highest BCUT2D eigenvalue weighted by molar-refractivity contribution is 6.32. The fourth-order valence-corrected chi connectivity index (χ4v) is 3.61. The Bertz CT molecular complexity index is 1440. The average Bonchev–Trinajstić information content (AvgIpc) is 3.10. The number of hydrogen-bond donors (Lipinski definition) is 1. The Hall–Kier alpha value is -3.66. The summed E-state index contributed by atoms with van der Waals surface area (Å²) in [6.07, 6.45) is -4.58. The molecular formula is C22H17ClF3N5O2. The van der Waals surface area contributed by atoms with E-state index in [2.05, 4.69) is 15.4 Å². The van der Waals surface area contributed by atoms with Gasteiger partial charge in [0.05, 0.1) is 32.9 Å². The molecule has 0 aliphatic carbocycles. The van der Waals surface area contributed by atoms with Crippen LogP contribution in [0.2, 0.25) is 5.02 Å². The molecule has 2 aromatic carbocycles. The Balaban J connectivity index is 1.67. The van der Waals surface area contributed by atoms with Crippen LogP contribution < -0.4 is 10.9 Å². The first-order valence-corrected chi connectivity index (χ1v) is 10.1. The molecule has 11 heteroatoms. The quantitative estimate of drug-likeness (QED) is 0.471. The predicted octanol–water partition coefficient (Wildman–Crippen LogP) is 4.51. The molecule has 1 amide bonds. The molecule has 0 spiro atoms. The molecule has 0 aliphatic heterocycles. The Labute approximate surface area is 190 Å². The van der Waals surface area contributed by atoms with Crippen molar-refractivity contribution < 1.29 is 18.0 Å². The van der Waals surface area contributed by atoms with Crippen LogP contribution >= 0.6 is 11.6 Å². The molecule has 0 unspecified atom stereocenters. The van der Waals surface area contributed by atoms with E-state index in [1.54, 1.807) is 38.1 Å². The molecule has 7 nitrogen and oxygen atoms in total. The van der Waals surface area contributed by atoms with E-state index in [-0.39, 0.29) is 28.6 Å². The third-order valence-corrected chi connectivity index (χ3v) is 5.27. The standard InChI is InChI=1S/C22H17ClF3N5O2/c1-12-9-19(31(29-12)18-10-14(22(24,25)26)7-8-16(18)23)28-20(32)11-30-13(2)27-17-6-4-3-5-15(17)21(30)33/h3-10H,11H2,1-2H3,(H,28,32). The predicted molar refractivity (Wildman–Crippen MR) is 118 cm³/mol. The van der Waals surface area contributed by atoms with Crippen molar-refractivity contribution in [1.29, 1.82) is 0 Å². The normalized spacial score (nSPS) is 11.7. The van der Waals surface area contributed by atoms with E-state index in [9.17, 15) is 22.8 Å². The number of carbonyl (C=O) groups is 1. The van der Waals surface area contributed by atoms with Gasteiger partial charge in [-0.3, -0.25) is 14.2 Å². The van der Waals surface area contributed by atoms with Crippen molar-refractivity contribution in [2.75, 3.05) is 5.32 Å². The van der Waals surface area contributed by atoms with Gasteiger partial charge in [-0.2, -0.15) is 18.3 Å². The second kappa shape index (κ2) is 8.36. The first kappa shape index (κ1) is 22.5.